The molecule has 0 spiro atoms. The minimum absolute atomic E-state index is 0.999. The molecule has 0 aliphatic rings. The predicted octanol–water partition coefficient (Wildman–Crippen LogP) is 4.62. The van der Waals surface area contributed by atoms with Crippen LogP contribution in [0.25, 0.3) is 0 Å². The van der Waals surface area contributed by atoms with Crippen LogP contribution in [-0.2, 0) is 6.42 Å². The van der Waals surface area contributed by atoms with Crippen molar-refractivity contribution in [3.05, 3.63) is 71.3 Å². The average molecular weight is 212 g/mol. The van der Waals surface area contributed by atoms with Gasteiger partial charge in [-0.3, -0.25) is 0 Å². The van der Waals surface area contributed by atoms with E-state index in [1.165, 1.54) is 22.3 Å². The number of hydrogen-bond donors (Lipinski definition) is 0. The molecule has 0 heteroatoms. The maximum Gasteiger partial charge on any atom is -0.00238 e. The first-order valence-electron chi connectivity index (χ1n) is 5.65. The zero-order chi connectivity index (χ0) is 12.0. The van der Waals surface area contributed by atoms with Crippen LogP contribution < -0.4 is 0 Å². The van der Waals surface area contributed by atoms with E-state index in [0.717, 1.165) is 6.42 Å². The van der Waals surface area contributed by atoms with Crippen LogP contribution in [0.15, 0.2) is 60.2 Å². The molecule has 84 valence electrons. The lowest BCUT2D eigenvalue weighted by Crippen LogP contribution is -1.93. The fourth-order valence-corrected chi connectivity index (χ4v) is 1.60. The lowest BCUT2D eigenvalue weighted by molar-refractivity contribution is 1.11. The fraction of sp³-hybridized carbons (Fsp3) is 0.250. The topological polar surface area (TPSA) is 0 Å². The van der Waals surface area contributed by atoms with E-state index in [-0.39, 0.29) is 0 Å². The number of rotatable bonds is 4. The van der Waals surface area contributed by atoms with Gasteiger partial charge < -0.3 is 0 Å². The van der Waals surface area contributed by atoms with Crippen LogP contribution in [0.3, 0.4) is 0 Å². The van der Waals surface area contributed by atoms with Gasteiger partial charge in [-0.25, -0.2) is 0 Å². The number of benzene rings is 1. The van der Waals surface area contributed by atoms with Crippen molar-refractivity contribution in [3.8, 4) is 0 Å². The van der Waals surface area contributed by atoms with Crippen LogP contribution in [0.2, 0.25) is 0 Å². The molecule has 0 amide bonds. The van der Waals surface area contributed by atoms with Crippen molar-refractivity contribution in [1.82, 2.24) is 0 Å². The highest BCUT2D eigenvalue weighted by Gasteiger charge is 2.00. The molecule has 0 nitrogen and oxygen atoms in total. The monoisotopic (exact) mass is 212 g/mol. The third kappa shape index (κ3) is 3.54. The highest BCUT2D eigenvalue weighted by Crippen LogP contribution is 2.16. The van der Waals surface area contributed by atoms with Gasteiger partial charge in [0.15, 0.2) is 0 Å². The Hall–Kier alpha value is -1.56. The largest absolute Gasteiger partial charge is 0.0991 e. The van der Waals surface area contributed by atoms with E-state index < -0.39 is 0 Å². The van der Waals surface area contributed by atoms with Crippen molar-refractivity contribution < 1.29 is 0 Å². The number of aryl methyl sites for hydroxylation is 1. The Morgan fingerprint density at radius 2 is 1.94 bits per heavy atom. The van der Waals surface area contributed by atoms with Crippen LogP contribution in [0.4, 0.5) is 0 Å². The molecule has 0 unspecified atom stereocenters. The average Bonchev–Trinajstić information content (AvgIpc) is 2.26. The molecule has 0 atom stereocenters. The van der Waals surface area contributed by atoms with Crippen molar-refractivity contribution in [1.29, 1.82) is 0 Å². The van der Waals surface area contributed by atoms with E-state index in [1.54, 1.807) is 0 Å². The lowest BCUT2D eigenvalue weighted by atomic mass is 9.97. The smallest absolute Gasteiger partial charge is 0.00238 e. The first-order chi connectivity index (χ1) is 7.65. The van der Waals surface area contributed by atoms with Gasteiger partial charge in [0.2, 0.25) is 0 Å². The van der Waals surface area contributed by atoms with Gasteiger partial charge >= 0.3 is 0 Å². The molecule has 0 aliphatic carbocycles. The summed E-state index contributed by atoms with van der Waals surface area (Å²) in [5, 5.41) is 0. The van der Waals surface area contributed by atoms with Crippen molar-refractivity contribution >= 4 is 0 Å². The molecule has 16 heavy (non-hydrogen) atoms. The summed E-state index contributed by atoms with van der Waals surface area (Å²) in [7, 11) is 0. The maximum atomic E-state index is 3.71. The van der Waals surface area contributed by atoms with E-state index in [4.69, 9.17) is 0 Å². The third-order valence-electron chi connectivity index (χ3n) is 2.72. The first-order valence-corrected chi connectivity index (χ1v) is 5.65. The molecular formula is C16H20. The molecule has 0 aromatic heterocycles. The molecule has 0 fully saturated rings. The Kier molecular flexibility index (Phi) is 4.78. The van der Waals surface area contributed by atoms with Crippen molar-refractivity contribution in [2.75, 3.05) is 0 Å². The quantitative estimate of drug-likeness (QED) is 0.639. The van der Waals surface area contributed by atoms with Crippen LogP contribution in [-0.4, -0.2) is 0 Å². The molecule has 0 radical (unpaired) electrons. The maximum absolute atomic E-state index is 3.71. The van der Waals surface area contributed by atoms with Crippen molar-refractivity contribution in [2.24, 2.45) is 0 Å². The summed E-state index contributed by atoms with van der Waals surface area (Å²) in [6.07, 6.45) is 6.97. The van der Waals surface area contributed by atoms with E-state index in [2.05, 4.69) is 57.7 Å². The van der Waals surface area contributed by atoms with Crippen LogP contribution in [0.1, 0.15) is 25.0 Å². The molecule has 0 saturated carbocycles. The Morgan fingerprint density at radius 3 is 2.50 bits per heavy atom. The second-order valence-electron chi connectivity index (χ2n) is 4.22. The third-order valence-corrected chi connectivity index (χ3v) is 2.72. The summed E-state index contributed by atoms with van der Waals surface area (Å²) in [5.41, 5.74) is 5.48. The Balaban J connectivity index is 2.94. The standard InChI is InChI=1S/C16H20/c1-5-6-10-15(13(2)3)12-16-11-8-7-9-14(16)4/h5-11H,1,12H2,2-4H3/b10-6-. The molecule has 0 saturated heterocycles. The number of hydrogen-bond acceptors (Lipinski definition) is 0. The van der Waals surface area contributed by atoms with E-state index in [0.29, 0.717) is 0 Å². The molecular weight excluding hydrogens is 192 g/mol. The Labute approximate surface area is 99.0 Å². The van der Waals surface area contributed by atoms with Gasteiger partial charge in [0, 0.05) is 0 Å². The van der Waals surface area contributed by atoms with Gasteiger partial charge in [0.25, 0.3) is 0 Å². The second-order valence-corrected chi connectivity index (χ2v) is 4.22. The van der Waals surface area contributed by atoms with E-state index >= 15 is 0 Å². The molecule has 1 aromatic rings. The van der Waals surface area contributed by atoms with Crippen LogP contribution >= 0.6 is 0 Å². The van der Waals surface area contributed by atoms with Crippen LogP contribution in [0, 0.1) is 6.92 Å². The lowest BCUT2D eigenvalue weighted by Gasteiger charge is -2.08. The summed E-state index contributed by atoms with van der Waals surface area (Å²) in [6.45, 7) is 10.2. The summed E-state index contributed by atoms with van der Waals surface area (Å²) in [5.74, 6) is 0. The summed E-state index contributed by atoms with van der Waals surface area (Å²) in [4.78, 5) is 0. The minimum Gasteiger partial charge on any atom is -0.0991 e. The zero-order valence-electron chi connectivity index (χ0n) is 10.5. The summed E-state index contributed by atoms with van der Waals surface area (Å²) >= 11 is 0. The van der Waals surface area contributed by atoms with Crippen molar-refractivity contribution in [3.63, 3.8) is 0 Å². The molecule has 0 aliphatic heterocycles. The Morgan fingerprint density at radius 1 is 1.25 bits per heavy atom. The predicted molar refractivity (Wildman–Crippen MR) is 72.6 cm³/mol. The zero-order valence-corrected chi connectivity index (χ0v) is 10.5. The summed E-state index contributed by atoms with van der Waals surface area (Å²) < 4.78 is 0. The second kappa shape index (κ2) is 6.12. The SMILES string of the molecule is C=C/C=C\C(Cc1ccccc1C)=C(C)C. The van der Waals surface area contributed by atoms with Gasteiger partial charge in [0.1, 0.15) is 0 Å². The minimum atomic E-state index is 0.999. The highest BCUT2D eigenvalue weighted by atomic mass is 14.1. The molecule has 0 bridgehead atoms. The fourth-order valence-electron chi connectivity index (χ4n) is 1.60. The molecule has 0 N–H and O–H groups in total. The Bertz CT molecular complexity index is 415. The highest BCUT2D eigenvalue weighted by molar-refractivity contribution is 5.35. The van der Waals surface area contributed by atoms with Gasteiger partial charge in [-0.1, -0.05) is 54.6 Å². The van der Waals surface area contributed by atoms with E-state index in [9.17, 15) is 0 Å². The van der Waals surface area contributed by atoms with Gasteiger partial charge in [-0.05, 0) is 43.9 Å². The molecule has 0 heterocycles. The molecule has 1 rings (SSSR count). The van der Waals surface area contributed by atoms with Crippen molar-refractivity contribution in [2.45, 2.75) is 27.2 Å². The summed E-state index contributed by atoms with van der Waals surface area (Å²) in [6, 6.07) is 8.54. The van der Waals surface area contributed by atoms with Gasteiger partial charge in [-0.2, -0.15) is 0 Å². The van der Waals surface area contributed by atoms with E-state index in [1.807, 2.05) is 12.2 Å². The first kappa shape index (κ1) is 12.5. The normalized spacial score (nSPS) is 10.4. The van der Waals surface area contributed by atoms with Gasteiger partial charge in [-0.15, -0.1) is 0 Å². The molecule has 1 aromatic carbocycles. The van der Waals surface area contributed by atoms with Crippen LogP contribution in [0.5, 0.6) is 0 Å². The number of allylic oxidation sites excluding steroid dienone is 5. The van der Waals surface area contributed by atoms with Gasteiger partial charge in [0.05, 0.1) is 0 Å².